The van der Waals surface area contributed by atoms with Gasteiger partial charge < -0.3 is 15.2 Å². The molecule has 13 heavy (non-hydrogen) atoms. The second-order valence-corrected chi connectivity index (χ2v) is 2.90. The molecule has 0 atom stereocenters. The number of methoxy groups -OCH3 is 1. The SMILES string of the molecule is COc1cc(Cl)cc(OCCN)c1. The summed E-state index contributed by atoms with van der Waals surface area (Å²) in [7, 11) is 1.58. The van der Waals surface area contributed by atoms with Crippen molar-refractivity contribution in [2.45, 2.75) is 0 Å². The van der Waals surface area contributed by atoms with E-state index >= 15 is 0 Å². The molecule has 0 aliphatic carbocycles. The topological polar surface area (TPSA) is 44.5 Å². The van der Waals surface area contributed by atoms with Gasteiger partial charge in [-0.15, -0.1) is 0 Å². The highest BCUT2D eigenvalue weighted by atomic mass is 35.5. The number of ether oxygens (including phenoxy) is 2. The molecule has 0 aromatic heterocycles. The summed E-state index contributed by atoms with van der Waals surface area (Å²) in [5.74, 6) is 1.36. The lowest BCUT2D eigenvalue weighted by molar-refractivity contribution is 0.325. The minimum atomic E-state index is 0.476. The molecule has 0 aliphatic heterocycles. The number of halogens is 1. The first kappa shape index (κ1) is 10.2. The van der Waals surface area contributed by atoms with Gasteiger partial charge in [-0.1, -0.05) is 11.6 Å². The number of rotatable bonds is 4. The third kappa shape index (κ3) is 3.13. The fraction of sp³-hybridized carbons (Fsp3) is 0.333. The van der Waals surface area contributed by atoms with Crippen molar-refractivity contribution in [3.8, 4) is 11.5 Å². The van der Waals surface area contributed by atoms with Crippen LogP contribution >= 0.6 is 11.6 Å². The van der Waals surface area contributed by atoms with Gasteiger partial charge in [-0.05, 0) is 12.1 Å². The average Bonchev–Trinajstić information content (AvgIpc) is 2.14. The third-order valence-electron chi connectivity index (χ3n) is 1.47. The van der Waals surface area contributed by atoms with Crippen molar-refractivity contribution >= 4 is 11.6 Å². The second-order valence-electron chi connectivity index (χ2n) is 2.46. The summed E-state index contributed by atoms with van der Waals surface area (Å²) in [4.78, 5) is 0. The molecule has 4 heteroatoms. The highest BCUT2D eigenvalue weighted by molar-refractivity contribution is 6.30. The van der Waals surface area contributed by atoms with Gasteiger partial charge in [0.25, 0.3) is 0 Å². The second kappa shape index (κ2) is 4.94. The van der Waals surface area contributed by atoms with Crippen LogP contribution in [-0.4, -0.2) is 20.3 Å². The Morgan fingerprint density at radius 1 is 1.31 bits per heavy atom. The molecule has 1 aromatic carbocycles. The molecule has 0 saturated carbocycles. The van der Waals surface area contributed by atoms with Crippen LogP contribution in [0.5, 0.6) is 11.5 Å². The zero-order valence-electron chi connectivity index (χ0n) is 7.42. The lowest BCUT2D eigenvalue weighted by atomic mass is 10.3. The van der Waals surface area contributed by atoms with Crippen molar-refractivity contribution in [1.82, 2.24) is 0 Å². The molecule has 0 fully saturated rings. The van der Waals surface area contributed by atoms with Crippen molar-refractivity contribution in [2.75, 3.05) is 20.3 Å². The Kier molecular flexibility index (Phi) is 3.86. The predicted octanol–water partition coefficient (Wildman–Crippen LogP) is 1.69. The van der Waals surface area contributed by atoms with E-state index in [4.69, 9.17) is 26.8 Å². The van der Waals surface area contributed by atoms with Crippen LogP contribution in [0.1, 0.15) is 0 Å². The van der Waals surface area contributed by atoms with E-state index in [0.29, 0.717) is 29.7 Å². The van der Waals surface area contributed by atoms with Crippen molar-refractivity contribution < 1.29 is 9.47 Å². The van der Waals surface area contributed by atoms with E-state index in [-0.39, 0.29) is 0 Å². The van der Waals surface area contributed by atoms with Crippen LogP contribution in [0.2, 0.25) is 5.02 Å². The van der Waals surface area contributed by atoms with E-state index in [1.807, 2.05) is 0 Å². The van der Waals surface area contributed by atoms with Crippen LogP contribution in [0, 0.1) is 0 Å². The van der Waals surface area contributed by atoms with Crippen molar-refractivity contribution in [1.29, 1.82) is 0 Å². The summed E-state index contributed by atoms with van der Waals surface area (Å²) in [6, 6.07) is 5.21. The zero-order chi connectivity index (χ0) is 9.68. The molecule has 0 radical (unpaired) electrons. The Balaban J connectivity index is 2.76. The molecule has 1 aromatic rings. The van der Waals surface area contributed by atoms with E-state index in [1.54, 1.807) is 25.3 Å². The quantitative estimate of drug-likeness (QED) is 0.806. The highest BCUT2D eigenvalue weighted by Crippen LogP contribution is 2.25. The molecule has 3 nitrogen and oxygen atoms in total. The van der Waals surface area contributed by atoms with Crippen LogP contribution in [-0.2, 0) is 0 Å². The molecule has 0 amide bonds. The standard InChI is InChI=1S/C9H12ClNO2/c1-12-8-4-7(10)5-9(6-8)13-3-2-11/h4-6H,2-3,11H2,1H3. The van der Waals surface area contributed by atoms with Gasteiger partial charge in [0.1, 0.15) is 18.1 Å². The van der Waals surface area contributed by atoms with Gasteiger partial charge in [-0.3, -0.25) is 0 Å². The largest absolute Gasteiger partial charge is 0.497 e. The number of hydrogen-bond donors (Lipinski definition) is 1. The first-order valence-corrected chi connectivity index (χ1v) is 4.31. The van der Waals surface area contributed by atoms with Crippen LogP contribution in [0.25, 0.3) is 0 Å². The first-order chi connectivity index (χ1) is 6.26. The molecule has 0 saturated heterocycles. The Hall–Kier alpha value is -0.930. The lowest BCUT2D eigenvalue weighted by Crippen LogP contribution is -2.10. The predicted molar refractivity (Wildman–Crippen MR) is 52.6 cm³/mol. The zero-order valence-corrected chi connectivity index (χ0v) is 8.17. The Morgan fingerprint density at radius 2 is 2.00 bits per heavy atom. The molecule has 72 valence electrons. The molecular weight excluding hydrogens is 190 g/mol. The van der Waals surface area contributed by atoms with Crippen LogP contribution < -0.4 is 15.2 Å². The van der Waals surface area contributed by atoms with Gasteiger partial charge in [0.15, 0.2) is 0 Å². The van der Waals surface area contributed by atoms with E-state index in [1.165, 1.54) is 0 Å². The summed E-state index contributed by atoms with van der Waals surface area (Å²) >= 11 is 5.82. The number of nitrogens with two attached hydrogens (primary N) is 1. The summed E-state index contributed by atoms with van der Waals surface area (Å²) in [5.41, 5.74) is 5.30. The van der Waals surface area contributed by atoms with Gasteiger partial charge >= 0.3 is 0 Å². The van der Waals surface area contributed by atoms with Gasteiger partial charge in [0.05, 0.1) is 7.11 Å². The summed E-state index contributed by atoms with van der Waals surface area (Å²) in [6.45, 7) is 0.957. The van der Waals surface area contributed by atoms with E-state index in [2.05, 4.69) is 0 Å². The first-order valence-electron chi connectivity index (χ1n) is 3.93. The normalized spacial score (nSPS) is 9.77. The fourth-order valence-electron chi connectivity index (χ4n) is 0.915. The Bertz CT molecular complexity index is 278. The highest BCUT2D eigenvalue weighted by Gasteiger charge is 1.99. The third-order valence-corrected chi connectivity index (χ3v) is 1.69. The van der Waals surface area contributed by atoms with Gasteiger partial charge in [0.2, 0.25) is 0 Å². The molecule has 0 unspecified atom stereocenters. The van der Waals surface area contributed by atoms with Crippen molar-refractivity contribution in [2.24, 2.45) is 5.73 Å². The van der Waals surface area contributed by atoms with Crippen molar-refractivity contribution in [3.63, 3.8) is 0 Å². The van der Waals surface area contributed by atoms with Gasteiger partial charge in [0, 0.05) is 17.6 Å². The average molecular weight is 202 g/mol. The smallest absolute Gasteiger partial charge is 0.124 e. The number of benzene rings is 1. The maximum Gasteiger partial charge on any atom is 0.124 e. The Morgan fingerprint density at radius 3 is 2.62 bits per heavy atom. The molecule has 0 spiro atoms. The summed E-state index contributed by atoms with van der Waals surface area (Å²) in [6.07, 6.45) is 0. The Labute approximate surface area is 82.4 Å². The molecule has 2 N–H and O–H groups in total. The minimum absolute atomic E-state index is 0.476. The van der Waals surface area contributed by atoms with E-state index in [9.17, 15) is 0 Å². The monoisotopic (exact) mass is 201 g/mol. The fourth-order valence-corrected chi connectivity index (χ4v) is 1.13. The van der Waals surface area contributed by atoms with Crippen LogP contribution in [0.15, 0.2) is 18.2 Å². The molecule has 1 rings (SSSR count). The molecule has 0 heterocycles. The molecule has 0 bridgehead atoms. The molecular formula is C9H12ClNO2. The molecule has 0 aliphatic rings. The van der Waals surface area contributed by atoms with E-state index < -0.39 is 0 Å². The summed E-state index contributed by atoms with van der Waals surface area (Å²) < 4.78 is 10.3. The maximum atomic E-state index is 5.82. The van der Waals surface area contributed by atoms with Crippen LogP contribution in [0.4, 0.5) is 0 Å². The van der Waals surface area contributed by atoms with Crippen LogP contribution in [0.3, 0.4) is 0 Å². The number of hydrogen-bond acceptors (Lipinski definition) is 3. The maximum absolute atomic E-state index is 5.82. The van der Waals surface area contributed by atoms with Crippen molar-refractivity contribution in [3.05, 3.63) is 23.2 Å². The lowest BCUT2D eigenvalue weighted by Gasteiger charge is -2.06. The van der Waals surface area contributed by atoms with Gasteiger partial charge in [-0.25, -0.2) is 0 Å². The van der Waals surface area contributed by atoms with E-state index in [0.717, 1.165) is 0 Å². The summed E-state index contributed by atoms with van der Waals surface area (Å²) in [5, 5.41) is 0.589. The van der Waals surface area contributed by atoms with Gasteiger partial charge in [-0.2, -0.15) is 0 Å². The minimum Gasteiger partial charge on any atom is -0.497 e.